The summed E-state index contributed by atoms with van der Waals surface area (Å²) < 4.78 is 28.6. The summed E-state index contributed by atoms with van der Waals surface area (Å²) in [7, 11) is -3.67. The lowest BCUT2D eigenvalue weighted by Gasteiger charge is -2.24. The topological polar surface area (TPSA) is 66.5 Å². The van der Waals surface area contributed by atoms with Gasteiger partial charge in [-0.25, -0.2) is 8.42 Å². The van der Waals surface area contributed by atoms with Crippen molar-refractivity contribution in [2.75, 3.05) is 15.4 Å². The Morgan fingerprint density at radius 2 is 1.65 bits per heavy atom. The number of rotatable bonds is 6. The predicted molar refractivity (Wildman–Crippen MR) is 130 cm³/mol. The number of hydrogen-bond donors (Lipinski definition) is 1. The second-order valence-electron chi connectivity index (χ2n) is 7.13. The molecule has 0 aliphatic carbocycles. The molecule has 1 amide bonds. The molecule has 31 heavy (non-hydrogen) atoms. The summed E-state index contributed by atoms with van der Waals surface area (Å²) in [6.07, 6.45) is 0.948. The highest BCUT2D eigenvalue weighted by Crippen LogP contribution is 2.42. The molecule has 0 radical (unpaired) electrons. The molecule has 1 aliphatic heterocycles. The summed E-state index contributed by atoms with van der Waals surface area (Å²) in [4.78, 5) is 14.6. The number of halogens is 1. The SMILES string of the molecule is CCc1ccc(N2C(=O)CS[C@@H]2c2ccc(NS(=O)(=O)c3ccc(Br)cc3)cc2)cc1. The van der Waals surface area contributed by atoms with E-state index in [1.165, 1.54) is 5.56 Å². The first kappa shape index (κ1) is 21.9. The molecule has 0 unspecified atom stereocenters. The van der Waals surface area contributed by atoms with Crippen molar-refractivity contribution in [3.05, 3.63) is 88.4 Å². The Balaban J connectivity index is 1.54. The molecule has 8 heteroatoms. The molecule has 1 aliphatic rings. The molecule has 5 nitrogen and oxygen atoms in total. The van der Waals surface area contributed by atoms with Gasteiger partial charge in [0.15, 0.2) is 0 Å². The summed E-state index contributed by atoms with van der Waals surface area (Å²) in [5.74, 6) is 0.484. The summed E-state index contributed by atoms with van der Waals surface area (Å²) in [6.45, 7) is 2.10. The standard InChI is InChI=1S/C23H21BrN2O3S2/c1-2-16-3-11-20(12-4-16)26-22(27)15-30-23(26)17-5-9-19(10-6-17)25-31(28,29)21-13-7-18(24)8-14-21/h3-14,23,25H,2,15H2,1H3/t23-/m1/s1. The van der Waals surface area contributed by atoms with E-state index in [4.69, 9.17) is 0 Å². The normalized spacial score (nSPS) is 16.5. The first-order chi connectivity index (χ1) is 14.9. The molecule has 1 atom stereocenters. The number of amides is 1. The summed E-state index contributed by atoms with van der Waals surface area (Å²) in [5, 5.41) is -0.142. The van der Waals surface area contributed by atoms with Gasteiger partial charge < -0.3 is 0 Å². The van der Waals surface area contributed by atoms with E-state index in [1.807, 2.05) is 41.3 Å². The predicted octanol–water partition coefficient (Wildman–Crippen LogP) is 5.59. The lowest BCUT2D eigenvalue weighted by atomic mass is 10.1. The van der Waals surface area contributed by atoms with Crippen LogP contribution in [0.15, 0.2) is 82.2 Å². The molecular weight excluding hydrogens is 496 g/mol. The van der Waals surface area contributed by atoms with Crippen LogP contribution in [0.5, 0.6) is 0 Å². The van der Waals surface area contributed by atoms with Gasteiger partial charge in [-0.2, -0.15) is 0 Å². The molecule has 160 valence electrons. The van der Waals surface area contributed by atoms with Gasteiger partial charge in [0.2, 0.25) is 5.91 Å². The van der Waals surface area contributed by atoms with Gasteiger partial charge >= 0.3 is 0 Å². The Hall–Kier alpha value is -2.29. The van der Waals surface area contributed by atoms with Gasteiger partial charge in [-0.3, -0.25) is 14.4 Å². The third-order valence-electron chi connectivity index (χ3n) is 5.06. The van der Waals surface area contributed by atoms with Crippen molar-refractivity contribution in [1.82, 2.24) is 0 Å². The second kappa shape index (κ2) is 9.06. The zero-order valence-corrected chi connectivity index (χ0v) is 20.0. The van der Waals surface area contributed by atoms with Crippen LogP contribution >= 0.6 is 27.7 Å². The smallest absolute Gasteiger partial charge is 0.261 e. The average Bonchev–Trinajstić information content (AvgIpc) is 3.16. The van der Waals surface area contributed by atoms with Crippen molar-refractivity contribution in [3.63, 3.8) is 0 Å². The Morgan fingerprint density at radius 3 is 2.26 bits per heavy atom. The molecule has 1 N–H and O–H groups in total. The van der Waals surface area contributed by atoms with Crippen LogP contribution in [0.2, 0.25) is 0 Å². The second-order valence-corrected chi connectivity index (χ2v) is 10.8. The van der Waals surface area contributed by atoms with Crippen LogP contribution in [0.3, 0.4) is 0 Å². The third kappa shape index (κ3) is 4.81. The summed E-state index contributed by atoms with van der Waals surface area (Å²) >= 11 is 4.87. The highest BCUT2D eigenvalue weighted by Gasteiger charge is 2.34. The van der Waals surface area contributed by atoms with Crippen LogP contribution < -0.4 is 9.62 Å². The molecule has 0 saturated carbocycles. The number of hydrogen-bond acceptors (Lipinski definition) is 4. The third-order valence-corrected chi connectivity index (χ3v) is 8.20. The molecule has 1 heterocycles. The van der Waals surface area contributed by atoms with Gasteiger partial charge in [0.05, 0.1) is 10.6 Å². The highest BCUT2D eigenvalue weighted by molar-refractivity contribution is 9.10. The Labute approximate surface area is 195 Å². The highest BCUT2D eigenvalue weighted by atomic mass is 79.9. The zero-order valence-electron chi connectivity index (χ0n) is 16.8. The van der Waals surface area contributed by atoms with Gasteiger partial charge in [0.25, 0.3) is 10.0 Å². The number of benzene rings is 3. The number of sulfonamides is 1. The number of anilines is 2. The number of nitrogens with zero attached hydrogens (tertiary/aromatic N) is 1. The van der Waals surface area contributed by atoms with E-state index >= 15 is 0 Å². The fraction of sp³-hybridized carbons (Fsp3) is 0.174. The summed E-state index contributed by atoms with van der Waals surface area (Å²) in [5.41, 5.74) is 3.51. The lowest BCUT2D eigenvalue weighted by Crippen LogP contribution is -2.27. The molecule has 1 fully saturated rings. The average molecular weight is 517 g/mol. The molecule has 0 spiro atoms. The number of thioether (sulfide) groups is 1. The molecule has 0 bridgehead atoms. The fourth-order valence-electron chi connectivity index (χ4n) is 3.39. The first-order valence-corrected chi connectivity index (χ1v) is 13.1. The van der Waals surface area contributed by atoms with E-state index in [1.54, 1.807) is 48.2 Å². The Kier molecular flexibility index (Phi) is 6.41. The van der Waals surface area contributed by atoms with E-state index in [-0.39, 0.29) is 16.2 Å². The Morgan fingerprint density at radius 1 is 1.00 bits per heavy atom. The molecule has 3 aromatic carbocycles. The number of nitrogens with one attached hydrogen (secondary N) is 1. The van der Waals surface area contributed by atoms with Gasteiger partial charge in [0.1, 0.15) is 5.37 Å². The number of carbonyl (C=O) groups is 1. The monoisotopic (exact) mass is 516 g/mol. The minimum atomic E-state index is -3.67. The van der Waals surface area contributed by atoms with Crippen LogP contribution in [0.1, 0.15) is 23.4 Å². The van der Waals surface area contributed by atoms with Gasteiger partial charge in [0, 0.05) is 15.8 Å². The van der Waals surface area contributed by atoms with Crippen LogP contribution in [-0.2, 0) is 21.2 Å². The van der Waals surface area contributed by atoms with E-state index in [9.17, 15) is 13.2 Å². The molecule has 3 aromatic rings. The van der Waals surface area contributed by atoms with Crippen molar-refractivity contribution in [3.8, 4) is 0 Å². The van der Waals surface area contributed by atoms with E-state index < -0.39 is 10.0 Å². The maximum atomic E-state index is 12.6. The minimum absolute atomic E-state index is 0.0688. The largest absolute Gasteiger partial charge is 0.295 e. The van der Waals surface area contributed by atoms with E-state index in [0.29, 0.717) is 11.4 Å². The van der Waals surface area contributed by atoms with Crippen LogP contribution in [0.25, 0.3) is 0 Å². The zero-order chi connectivity index (χ0) is 22.0. The maximum absolute atomic E-state index is 12.6. The fourth-order valence-corrected chi connectivity index (χ4v) is 5.89. The van der Waals surface area contributed by atoms with Crippen LogP contribution in [-0.4, -0.2) is 20.1 Å². The molecule has 1 saturated heterocycles. The van der Waals surface area contributed by atoms with E-state index in [0.717, 1.165) is 22.1 Å². The maximum Gasteiger partial charge on any atom is 0.261 e. The minimum Gasteiger partial charge on any atom is -0.295 e. The van der Waals surface area contributed by atoms with Crippen molar-refractivity contribution in [1.29, 1.82) is 0 Å². The van der Waals surface area contributed by atoms with Crippen molar-refractivity contribution in [2.24, 2.45) is 0 Å². The van der Waals surface area contributed by atoms with E-state index in [2.05, 4.69) is 27.6 Å². The molecule has 4 rings (SSSR count). The summed E-state index contributed by atoms with van der Waals surface area (Å²) in [6, 6.07) is 21.7. The van der Waals surface area contributed by atoms with Crippen LogP contribution in [0, 0.1) is 0 Å². The molecular formula is C23H21BrN2O3S2. The lowest BCUT2D eigenvalue weighted by molar-refractivity contribution is -0.115. The molecule has 0 aromatic heterocycles. The van der Waals surface area contributed by atoms with Crippen molar-refractivity contribution >= 4 is 55.0 Å². The van der Waals surface area contributed by atoms with Crippen LogP contribution in [0.4, 0.5) is 11.4 Å². The quantitative estimate of drug-likeness (QED) is 0.463. The van der Waals surface area contributed by atoms with Crippen molar-refractivity contribution in [2.45, 2.75) is 23.6 Å². The number of aryl methyl sites for hydroxylation is 1. The Bertz CT molecular complexity index is 1180. The van der Waals surface area contributed by atoms with Gasteiger partial charge in [-0.15, -0.1) is 11.8 Å². The van der Waals surface area contributed by atoms with Gasteiger partial charge in [-0.05, 0) is 66.1 Å². The first-order valence-electron chi connectivity index (χ1n) is 9.78. The van der Waals surface area contributed by atoms with Crippen molar-refractivity contribution < 1.29 is 13.2 Å². The number of carbonyl (C=O) groups excluding carboxylic acids is 1. The van der Waals surface area contributed by atoms with Gasteiger partial charge in [-0.1, -0.05) is 47.1 Å².